The first-order valence-electron chi connectivity index (χ1n) is 8.88. The Morgan fingerprint density at radius 3 is 2.88 bits per heavy atom. The van der Waals surface area contributed by atoms with Crippen LogP contribution < -0.4 is 10.9 Å². The fourth-order valence-corrected chi connectivity index (χ4v) is 4.16. The molecule has 0 spiro atoms. The number of hydrogen-bond donors (Lipinski definition) is 1. The van der Waals surface area contributed by atoms with Crippen LogP contribution in [0.4, 0.5) is 0 Å². The van der Waals surface area contributed by atoms with E-state index >= 15 is 0 Å². The van der Waals surface area contributed by atoms with Crippen LogP contribution in [0.15, 0.2) is 40.9 Å². The molecular weight excluding hydrogens is 348 g/mol. The Balaban J connectivity index is 1.36. The first-order valence-corrected chi connectivity index (χ1v) is 9.76. The topological polar surface area (TPSA) is 76.9 Å². The maximum absolute atomic E-state index is 12.3. The molecule has 4 rings (SSSR count). The van der Waals surface area contributed by atoms with Crippen molar-refractivity contribution < 1.29 is 4.79 Å². The van der Waals surface area contributed by atoms with Gasteiger partial charge in [0.05, 0.1) is 27.7 Å². The van der Waals surface area contributed by atoms with Gasteiger partial charge in [0.25, 0.3) is 11.5 Å². The fraction of sp³-hybridized carbons (Fsp3) is 0.368. The summed E-state index contributed by atoms with van der Waals surface area (Å²) < 4.78 is 2.53. The quantitative estimate of drug-likeness (QED) is 0.751. The molecule has 0 radical (unpaired) electrons. The zero-order valence-corrected chi connectivity index (χ0v) is 15.2. The number of fused-ring (bicyclic) bond motifs is 1. The van der Waals surface area contributed by atoms with Crippen molar-refractivity contribution in [3.8, 4) is 0 Å². The smallest absolute Gasteiger partial charge is 0.253 e. The molecule has 0 unspecified atom stereocenters. The van der Waals surface area contributed by atoms with E-state index < -0.39 is 0 Å². The summed E-state index contributed by atoms with van der Waals surface area (Å²) in [6.45, 7) is 0.787. The van der Waals surface area contributed by atoms with Gasteiger partial charge >= 0.3 is 0 Å². The van der Waals surface area contributed by atoms with Crippen molar-refractivity contribution in [3.05, 3.63) is 57.7 Å². The minimum atomic E-state index is -0.149. The Bertz CT molecular complexity index is 988. The van der Waals surface area contributed by atoms with Gasteiger partial charge in [0.2, 0.25) is 0 Å². The summed E-state index contributed by atoms with van der Waals surface area (Å²) in [7, 11) is 0. The van der Waals surface area contributed by atoms with E-state index in [-0.39, 0.29) is 11.5 Å². The highest BCUT2D eigenvalue weighted by atomic mass is 32.1. The van der Waals surface area contributed by atoms with Crippen molar-refractivity contribution in [2.45, 2.75) is 38.1 Å². The van der Waals surface area contributed by atoms with Crippen molar-refractivity contribution >= 4 is 27.5 Å². The number of carbonyl (C=O) groups is 1. The lowest BCUT2D eigenvalue weighted by Crippen LogP contribution is -2.31. The molecule has 1 N–H and O–H groups in total. The number of nitrogens with one attached hydrogen (secondary N) is 1. The van der Waals surface area contributed by atoms with E-state index in [1.165, 1.54) is 24.2 Å². The molecule has 0 bridgehead atoms. The maximum Gasteiger partial charge on any atom is 0.253 e. The Labute approximate surface area is 154 Å². The third-order valence-electron chi connectivity index (χ3n) is 4.91. The van der Waals surface area contributed by atoms with Gasteiger partial charge in [-0.3, -0.25) is 14.2 Å². The number of benzene rings is 1. The number of amides is 1. The molecule has 1 amide bonds. The van der Waals surface area contributed by atoms with Gasteiger partial charge in [0.1, 0.15) is 0 Å². The highest BCUT2D eigenvalue weighted by Crippen LogP contribution is 2.32. The summed E-state index contributed by atoms with van der Waals surface area (Å²) in [6, 6.07) is 7.10. The second-order valence-corrected chi connectivity index (χ2v) is 7.50. The van der Waals surface area contributed by atoms with E-state index in [0.29, 0.717) is 24.6 Å². The van der Waals surface area contributed by atoms with Gasteiger partial charge in [-0.25, -0.2) is 9.97 Å². The van der Waals surface area contributed by atoms with E-state index in [1.807, 2.05) is 12.1 Å². The lowest BCUT2D eigenvalue weighted by molar-refractivity contribution is 0.0952. The van der Waals surface area contributed by atoms with Crippen LogP contribution in [0.1, 0.15) is 47.7 Å². The lowest BCUT2D eigenvalue weighted by Gasteiger charge is -2.11. The predicted octanol–water partition coefficient (Wildman–Crippen LogP) is 2.94. The average Bonchev–Trinajstić information content (AvgIpc) is 3.34. The molecule has 0 atom stereocenters. The number of carbonyl (C=O) groups excluding carboxylic acids is 1. The Kier molecular flexibility index (Phi) is 4.79. The Morgan fingerprint density at radius 2 is 2.08 bits per heavy atom. The van der Waals surface area contributed by atoms with Crippen LogP contribution >= 0.6 is 11.3 Å². The van der Waals surface area contributed by atoms with E-state index in [9.17, 15) is 9.59 Å². The number of rotatable bonds is 5. The van der Waals surface area contributed by atoms with Gasteiger partial charge in [-0.05, 0) is 31.0 Å². The van der Waals surface area contributed by atoms with Gasteiger partial charge in [-0.15, -0.1) is 11.3 Å². The summed E-state index contributed by atoms with van der Waals surface area (Å²) in [6.07, 6.45) is 6.28. The SMILES string of the molecule is O=C(NCCn1cnc(C2CCCC2)cc1=O)c1ccc2ncsc2c1. The van der Waals surface area contributed by atoms with E-state index in [4.69, 9.17) is 0 Å². The molecule has 26 heavy (non-hydrogen) atoms. The molecule has 1 aliphatic carbocycles. The second-order valence-electron chi connectivity index (χ2n) is 6.62. The maximum atomic E-state index is 12.3. The van der Waals surface area contributed by atoms with Gasteiger partial charge in [-0.2, -0.15) is 0 Å². The third kappa shape index (κ3) is 3.53. The van der Waals surface area contributed by atoms with E-state index in [0.717, 1.165) is 28.8 Å². The minimum Gasteiger partial charge on any atom is -0.350 e. The van der Waals surface area contributed by atoms with Crippen LogP contribution in [-0.2, 0) is 6.54 Å². The molecule has 6 nitrogen and oxygen atoms in total. The van der Waals surface area contributed by atoms with E-state index in [2.05, 4.69) is 15.3 Å². The van der Waals surface area contributed by atoms with Crippen LogP contribution in [0.25, 0.3) is 10.2 Å². The molecule has 0 aliphatic heterocycles. The van der Waals surface area contributed by atoms with Crippen LogP contribution in [0.5, 0.6) is 0 Å². The largest absolute Gasteiger partial charge is 0.350 e. The summed E-state index contributed by atoms with van der Waals surface area (Å²) in [5.74, 6) is 0.280. The van der Waals surface area contributed by atoms with Crippen molar-refractivity contribution in [2.24, 2.45) is 0 Å². The standard InChI is InChI=1S/C19H20N4O2S/c24-18-10-16(13-3-1-2-4-13)21-11-23(18)8-7-20-19(25)14-5-6-15-17(9-14)26-12-22-15/h5-6,9-13H,1-4,7-8H2,(H,20,25). The molecule has 0 saturated heterocycles. The number of nitrogens with zero attached hydrogens (tertiary/aromatic N) is 3. The molecule has 1 aromatic carbocycles. The average molecular weight is 368 g/mol. The highest BCUT2D eigenvalue weighted by molar-refractivity contribution is 7.16. The summed E-state index contributed by atoms with van der Waals surface area (Å²) in [4.78, 5) is 33.2. The first kappa shape index (κ1) is 16.9. The van der Waals surface area contributed by atoms with Crippen LogP contribution in [0.3, 0.4) is 0 Å². The predicted molar refractivity (Wildman–Crippen MR) is 102 cm³/mol. The van der Waals surface area contributed by atoms with Gasteiger partial charge in [0, 0.05) is 30.6 Å². The zero-order chi connectivity index (χ0) is 17.9. The van der Waals surface area contributed by atoms with Crippen molar-refractivity contribution in [3.63, 3.8) is 0 Å². The highest BCUT2D eigenvalue weighted by Gasteiger charge is 2.18. The zero-order valence-electron chi connectivity index (χ0n) is 14.4. The third-order valence-corrected chi connectivity index (χ3v) is 5.70. The van der Waals surface area contributed by atoms with Crippen LogP contribution in [0, 0.1) is 0 Å². The minimum absolute atomic E-state index is 0.0535. The lowest BCUT2D eigenvalue weighted by atomic mass is 10.0. The molecule has 1 saturated carbocycles. The Morgan fingerprint density at radius 1 is 1.23 bits per heavy atom. The van der Waals surface area contributed by atoms with Crippen molar-refractivity contribution in [2.75, 3.05) is 6.54 Å². The van der Waals surface area contributed by atoms with E-state index in [1.54, 1.807) is 28.5 Å². The monoisotopic (exact) mass is 368 g/mol. The normalized spacial score (nSPS) is 14.8. The molecule has 134 valence electrons. The first-order chi connectivity index (χ1) is 12.7. The number of aromatic nitrogens is 3. The van der Waals surface area contributed by atoms with Crippen molar-refractivity contribution in [1.29, 1.82) is 0 Å². The van der Waals surface area contributed by atoms with Gasteiger partial charge < -0.3 is 5.32 Å². The summed E-state index contributed by atoms with van der Waals surface area (Å²) >= 11 is 1.51. The number of hydrogen-bond acceptors (Lipinski definition) is 5. The fourth-order valence-electron chi connectivity index (χ4n) is 3.44. The molecule has 2 aromatic heterocycles. The van der Waals surface area contributed by atoms with Gasteiger partial charge in [-0.1, -0.05) is 12.8 Å². The molecular formula is C19H20N4O2S. The van der Waals surface area contributed by atoms with Crippen LogP contribution in [-0.4, -0.2) is 27.0 Å². The molecule has 2 heterocycles. The molecule has 3 aromatic rings. The summed E-state index contributed by atoms with van der Waals surface area (Å²) in [5.41, 5.74) is 4.12. The summed E-state index contributed by atoms with van der Waals surface area (Å²) in [5, 5.41) is 2.86. The van der Waals surface area contributed by atoms with Crippen LogP contribution in [0.2, 0.25) is 0 Å². The molecule has 1 aliphatic rings. The molecule has 1 fully saturated rings. The molecule has 7 heteroatoms. The number of thiazole rings is 1. The van der Waals surface area contributed by atoms with Crippen molar-refractivity contribution in [1.82, 2.24) is 19.9 Å². The second kappa shape index (κ2) is 7.37. The Hall–Kier alpha value is -2.54. The van der Waals surface area contributed by atoms with Gasteiger partial charge in [0.15, 0.2) is 0 Å².